The number of hydrogen-bond acceptors (Lipinski definition) is 6. The van der Waals surface area contributed by atoms with Crippen molar-refractivity contribution < 1.29 is 27.9 Å². The zero-order chi connectivity index (χ0) is 23.4. The molecule has 2 aromatic rings. The Hall–Kier alpha value is -2.53. The molecular formula is C21H25F3N4O3S. The Labute approximate surface area is 187 Å². The molecule has 32 heavy (non-hydrogen) atoms. The molecular weight excluding hydrogens is 445 g/mol. The number of aromatic nitrogens is 2. The third kappa shape index (κ3) is 6.04. The van der Waals surface area contributed by atoms with Crippen LogP contribution in [0.5, 0.6) is 0 Å². The molecule has 1 aliphatic heterocycles. The van der Waals surface area contributed by atoms with Crippen LogP contribution in [0.4, 0.5) is 13.2 Å². The molecule has 1 amide bonds. The lowest BCUT2D eigenvalue weighted by Gasteiger charge is -2.54. The zero-order valence-corrected chi connectivity index (χ0v) is 18.4. The van der Waals surface area contributed by atoms with E-state index in [1.165, 1.54) is 35.2 Å². The molecule has 0 radical (unpaired) electrons. The van der Waals surface area contributed by atoms with E-state index in [-0.39, 0.29) is 11.9 Å². The number of alkyl halides is 3. The number of likely N-dealkylation sites (tertiary alicyclic amines) is 1. The van der Waals surface area contributed by atoms with Crippen molar-refractivity contribution in [2.75, 3.05) is 13.1 Å². The molecule has 1 unspecified atom stereocenters. The number of nitrogens with zero attached hydrogens (tertiary/aromatic N) is 3. The van der Waals surface area contributed by atoms with E-state index in [1.807, 2.05) is 11.3 Å². The van der Waals surface area contributed by atoms with E-state index in [4.69, 9.17) is 9.90 Å². The van der Waals surface area contributed by atoms with Crippen molar-refractivity contribution in [2.24, 2.45) is 5.41 Å². The second-order valence-corrected chi connectivity index (χ2v) is 9.48. The van der Waals surface area contributed by atoms with Crippen molar-refractivity contribution in [1.29, 1.82) is 0 Å². The fraction of sp³-hybridized carbons (Fsp3) is 0.524. The lowest BCUT2D eigenvalue weighted by atomic mass is 9.59. The summed E-state index contributed by atoms with van der Waals surface area (Å²) in [6.45, 7) is 5.46. The molecule has 1 saturated carbocycles. The molecule has 2 fully saturated rings. The number of carbonyl (C=O) groups excluding carboxylic acids is 1. The van der Waals surface area contributed by atoms with Gasteiger partial charge in [0.05, 0.1) is 6.20 Å². The number of nitrogens with one attached hydrogen (secondary N) is 1. The molecule has 4 rings (SSSR count). The van der Waals surface area contributed by atoms with Gasteiger partial charge in [-0.15, -0.1) is 11.3 Å². The fourth-order valence-corrected chi connectivity index (χ4v) is 5.05. The third-order valence-electron chi connectivity index (χ3n) is 6.04. The quantitative estimate of drug-likeness (QED) is 0.708. The van der Waals surface area contributed by atoms with E-state index < -0.39 is 12.1 Å². The Bertz CT molecular complexity index is 928. The molecule has 1 atom stereocenters. The summed E-state index contributed by atoms with van der Waals surface area (Å²) >= 11 is 1.90. The van der Waals surface area contributed by atoms with E-state index in [2.05, 4.69) is 39.2 Å². The molecule has 2 aliphatic rings. The first kappa shape index (κ1) is 24.1. The van der Waals surface area contributed by atoms with E-state index in [9.17, 15) is 18.0 Å². The fourth-order valence-electron chi connectivity index (χ4n) is 4.12. The number of carboxylic acid groups (broad SMARTS) is 1. The van der Waals surface area contributed by atoms with Gasteiger partial charge in [0.2, 0.25) is 0 Å². The highest BCUT2D eigenvalue weighted by Crippen LogP contribution is 2.49. The number of thiophene rings is 1. The number of aryl methyl sites for hydroxylation is 1. The van der Waals surface area contributed by atoms with Crippen molar-refractivity contribution in [3.63, 3.8) is 0 Å². The lowest BCUT2D eigenvalue weighted by molar-refractivity contribution is -0.192. The molecule has 1 saturated heterocycles. The minimum atomic E-state index is -5.08. The summed E-state index contributed by atoms with van der Waals surface area (Å²) in [7, 11) is 0. The van der Waals surface area contributed by atoms with Crippen LogP contribution >= 0.6 is 11.3 Å². The summed E-state index contributed by atoms with van der Waals surface area (Å²) in [5, 5.41) is 10.3. The van der Waals surface area contributed by atoms with Crippen molar-refractivity contribution in [1.82, 2.24) is 20.2 Å². The standard InChI is InChI=1S/C19H24N4OS.C2HF3O2/c1-14-2-3-15(25-14)13-23-10-6-19(7-11-23)5-4-17(19)22-18(24)16-12-20-8-9-21-16;3-2(4,5)1(6)7/h2-3,8-9,12,17H,4-7,10-11,13H2,1H3,(H,22,24);(H,6,7). The number of halogens is 3. The van der Waals surface area contributed by atoms with Crippen LogP contribution in [0.3, 0.4) is 0 Å². The first-order valence-corrected chi connectivity index (χ1v) is 11.1. The molecule has 0 aromatic carbocycles. The van der Waals surface area contributed by atoms with Crippen molar-refractivity contribution in [3.05, 3.63) is 46.2 Å². The maximum absolute atomic E-state index is 12.4. The van der Waals surface area contributed by atoms with Gasteiger partial charge in [0.25, 0.3) is 5.91 Å². The van der Waals surface area contributed by atoms with E-state index in [1.54, 1.807) is 12.4 Å². The highest BCUT2D eigenvalue weighted by Gasteiger charge is 2.48. The summed E-state index contributed by atoms with van der Waals surface area (Å²) < 4.78 is 31.7. The predicted octanol–water partition coefficient (Wildman–Crippen LogP) is 3.65. The Morgan fingerprint density at radius 1 is 1.25 bits per heavy atom. The monoisotopic (exact) mass is 470 g/mol. The Kier molecular flexibility index (Phi) is 7.50. The van der Waals surface area contributed by atoms with Gasteiger partial charge in [-0.3, -0.25) is 14.7 Å². The van der Waals surface area contributed by atoms with Gasteiger partial charge in [0.1, 0.15) is 5.69 Å². The topological polar surface area (TPSA) is 95.4 Å². The molecule has 7 nitrogen and oxygen atoms in total. The SMILES string of the molecule is Cc1ccc(CN2CCC3(CCC3NC(=O)c3cnccn3)CC2)s1.O=C(O)C(F)(F)F. The summed E-state index contributed by atoms with van der Waals surface area (Å²) in [5.41, 5.74) is 0.703. The van der Waals surface area contributed by atoms with Crippen LogP contribution < -0.4 is 5.32 Å². The van der Waals surface area contributed by atoms with Crippen LogP contribution in [0, 0.1) is 12.3 Å². The van der Waals surface area contributed by atoms with Gasteiger partial charge in [0, 0.05) is 34.7 Å². The van der Waals surface area contributed by atoms with Gasteiger partial charge >= 0.3 is 12.1 Å². The molecule has 0 bridgehead atoms. The highest BCUT2D eigenvalue weighted by atomic mass is 32.1. The Morgan fingerprint density at radius 3 is 2.41 bits per heavy atom. The van der Waals surface area contributed by atoms with Crippen LogP contribution in [0.1, 0.15) is 45.9 Å². The lowest BCUT2D eigenvalue weighted by Crippen LogP contribution is -2.59. The summed E-state index contributed by atoms with van der Waals surface area (Å²) in [6, 6.07) is 4.74. The molecule has 3 heterocycles. The Balaban J connectivity index is 0.000000360. The molecule has 1 aliphatic carbocycles. The number of aliphatic carboxylic acids is 1. The van der Waals surface area contributed by atoms with Crippen LogP contribution in [0.25, 0.3) is 0 Å². The van der Waals surface area contributed by atoms with Crippen molar-refractivity contribution in [3.8, 4) is 0 Å². The van der Waals surface area contributed by atoms with Crippen molar-refractivity contribution >= 4 is 23.2 Å². The molecule has 2 N–H and O–H groups in total. The van der Waals surface area contributed by atoms with Gasteiger partial charge in [-0.05, 0) is 63.2 Å². The van der Waals surface area contributed by atoms with E-state index >= 15 is 0 Å². The van der Waals surface area contributed by atoms with Gasteiger partial charge < -0.3 is 10.4 Å². The largest absolute Gasteiger partial charge is 0.490 e. The normalized spacial score (nSPS) is 20.1. The van der Waals surface area contributed by atoms with Gasteiger partial charge in [0.15, 0.2) is 0 Å². The molecule has 1 spiro atoms. The highest BCUT2D eigenvalue weighted by molar-refractivity contribution is 7.11. The van der Waals surface area contributed by atoms with Crippen LogP contribution in [0.15, 0.2) is 30.7 Å². The van der Waals surface area contributed by atoms with Gasteiger partial charge in [-0.2, -0.15) is 13.2 Å². The van der Waals surface area contributed by atoms with Crippen LogP contribution in [-0.2, 0) is 11.3 Å². The first-order chi connectivity index (χ1) is 15.1. The van der Waals surface area contributed by atoms with Gasteiger partial charge in [-0.25, -0.2) is 9.78 Å². The molecule has 174 valence electrons. The second-order valence-electron chi connectivity index (χ2n) is 8.11. The van der Waals surface area contributed by atoms with E-state index in [0.717, 1.165) is 26.1 Å². The number of carbonyl (C=O) groups is 2. The number of hydrogen-bond donors (Lipinski definition) is 2. The summed E-state index contributed by atoms with van der Waals surface area (Å²) in [5.74, 6) is -2.85. The number of piperidine rings is 1. The number of rotatable bonds is 4. The van der Waals surface area contributed by atoms with Gasteiger partial charge in [-0.1, -0.05) is 0 Å². The van der Waals surface area contributed by atoms with Crippen LogP contribution in [-0.4, -0.2) is 57.2 Å². The Morgan fingerprint density at radius 2 is 1.94 bits per heavy atom. The summed E-state index contributed by atoms with van der Waals surface area (Å²) in [4.78, 5) is 34.7. The molecule has 2 aromatic heterocycles. The number of carboxylic acids is 1. The maximum Gasteiger partial charge on any atom is 0.490 e. The average molecular weight is 471 g/mol. The van der Waals surface area contributed by atoms with Crippen molar-refractivity contribution in [2.45, 2.75) is 51.4 Å². The summed E-state index contributed by atoms with van der Waals surface area (Å²) in [6.07, 6.45) is 4.25. The predicted molar refractivity (Wildman–Crippen MR) is 112 cm³/mol. The molecule has 11 heteroatoms. The zero-order valence-electron chi connectivity index (χ0n) is 17.6. The number of amides is 1. The smallest absolute Gasteiger partial charge is 0.475 e. The minimum Gasteiger partial charge on any atom is -0.475 e. The van der Waals surface area contributed by atoms with Crippen LogP contribution in [0.2, 0.25) is 0 Å². The minimum absolute atomic E-state index is 0.0892. The second kappa shape index (κ2) is 9.95. The van der Waals surface area contributed by atoms with E-state index in [0.29, 0.717) is 11.1 Å². The maximum atomic E-state index is 12.4. The average Bonchev–Trinajstić information content (AvgIpc) is 3.16. The first-order valence-electron chi connectivity index (χ1n) is 10.2. The third-order valence-corrected chi connectivity index (χ3v) is 7.03.